The Balaban J connectivity index is 0.000000283. The van der Waals surface area contributed by atoms with Crippen LogP contribution in [0.2, 0.25) is 0 Å². The van der Waals surface area contributed by atoms with E-state index in [0.717, 1.165) is 0 Å². The Kier molecular flexibility index (Phi) is 8.65. The zero-order valence-corrected chi connectivity index (χ0v) is 12.6. The van der Waals surface area contributed by atoms with Gasteiger partial charge in [-0.05, 0) is 27.7 Å². The highest BCUT2D eigenvalue weighted by molar-refractivity contribution is 5.20. The van der Waals surface area contributed by atoms with Gasteiger partial charge in [0.15, 0.2) is 0 Å². The quantitative estimate of drug-likeness (QED) is 0.561. The predicted octanol–water partition coefficient (Wildman–Crippen LogP) is 5.63. The van der Waals surface area contributed by atoms with Crippen LogP contribution in [-0.4, -0.2) is 0 Å². The molecule has 0 aromatic heterocycles. The van der Waals surface area contributed by atoms with E-state index in [1.54, 1.807) is 0 Å². The topological polar surface area (TPSA) is 0 Å². The molecule has 0 aliphatic heterocycles. The van der Waals surface area contributed by atoms with Crippen LogP contribution in [0.25, 0.3) is 0 Å². The maximum atomic E-state index is 2.12. The SMILES string of the molecule is CC.Cc1ccc(C)cc1.Cc1ccc(C)cc1. The molecule has 98 valence electrons. The maximum Gasteiger partial charge on any atom is -0.0398 e. The molecule has 0 spiro atoms. The lowest BCUT2D eigenvalue weighted by Gasteiger charge is -1.90. The highest BCUT2D eigenvalue weighted by Crippen LogP contribution is 2.00. The van der Waals surface area contributed by atoms with Crippen LogP contribution in [0, 0.1) is 27.7 Å². The van der Waals surface area contributed by atoms with Gasteiger partial charge in [-0.15, -0.1) is 0 Å². The number of benzene rings is 2. The summed E-state index contributed by atoms with van der Waals surface area (Å²) in [6.07, 6.45) is 0. The molecule has 18 heavy (non-hydrogen) atoms. The van der Waals surface area contributed by atoms with Crippen molar-refractivity contribution in [1.29, 1.82) is 0 Å². The lowest BCUT2D eigenvalue weighted by Crippen LogP contribution is -1.70. The molecule has 0 fully saturated rings. The van der Waals surface area contributed by atoms with E-state index >= 15 is 0 Å². The molecular formula is C18H26. The van der Waals surface area contributed by atoms with E-state index in [-0.39, 0.29) is 0 Å². The number of aryl methyl sites for hydroxylation is 4. The monoisotopic (exact) mass is 242 g/mol. The third-order valence-electron chi connectivity index (χ3n) is 2.44. The van der Waals surface area contributed by atoms with E-state index in [4.69, 9.17) is 0 Å². The summed E-state index contributed by atoms with van der Waals surface area (Å²) in [6.45, 7) is 12.4. The lowest BCUT2D eigenvalue weighted by molar-refractivity contribution is 1.40. The molecule has 2 rings (SSSR count). The number of hydrogen-bond donors (Lipinski definition) is 0. The summed E-state index contributed by atoms with van der Waals surface area (Å²) in [5.74, 6) is 0. The molecule has 0 heterocycles. The van der Waals surface area contributed by atoms with E-state index in [1.165, 1.54) is 22.3 Å². The first kappa shape index (κ1) is 16.4. The predicted molar refractivity (Wildman–Crippen MR) is 83.2 cm³/mol. The van der Waals surface area contributed by atoms with Crippen molar-refractivity contribution >= 4 is 0 Å². The Morgan fingerprint density at radius 3 is 0.611 bits per heavy atom. The van der Waals surface area contributed by atoms with Gasteiger partial charge in [-0.25, -0.2) is 0 Å². The summed E-state index contributed by atoms with van der Waals surface area (Å²) in [4.78, 5) is 0. The van der Waals surface area contributed by atoms with Gasteiger partial charge in [0.2, 0.25) is 0 Å². The molecule has 0 saturated heterocycles. The molecule has 0 saturated carbocycles. The van der Waals surface area contributed by atoms with E-state index < -0.39 is 0 Å². The van der Waals surface area contributed by atoms with Gasteiger partial charge >= 0.3 is 0 Å². The molecule has 2 aromatic rings. The second-order valence-corrected chi connectivity index (χ2v) is 4.31. The number of hydrogen-bond acceptors (Lipinski definition) is 0. The van der Waals surface area contributed by atoms with Gasteiger partial charge in [0.25, 0.3) is 0 Å². The van der Waals surface area contributed by atoms with Crippen molar-refractivity contribution < 1.29 is 0 Å². The average molecular weight is 242 g/mol. The van der Waals surface area contributed by atoms with Crippen molar-refractivity contribution in [3.63, 3.8) is 0 Å². The van der Waals surface area contributed by atoms with Gasteiger partial charge in [-0.1, -0.05) is 84.6 Å². The summed E-state index contributed by atoms with van der Waals surface area (Å²) in [7, 11) is 0. The van der Waals surface area contributed by atoms with Gasteiger partial charge in [-0.3, -0.25) is 0 Å². The fourth-order valence-corrected chi connectivity index (χ4v) is 1.27. The molecule has 0 amide bonds. The van der Waals surface area contributed by atoms with Crippen molar-refractivity contribution in [3.8, 4) is 0 Å². The van der Waals surface area contributed by atoms with Crippen LogP contribution >= 0.6 is 0 Å². The van der Waals surface area contributed by atoms with Crippen LogP contribution in [-0.2, 0) is 0 Å². The van der Waals surface area contributed by atoms with Crippen LogP contribution in [0.1, 0.15) is 36.1 Å². The molecule has 0 N–H and O–H groups in total. The van der Waals surface area contributed by atoms with E-state index in [9.17, 15) is 0 Å². The summed E-state index contributed by atoms with van der Waals surface area (Å²) >= 11 is 0. The highest BCUT2D eigenvalue weighted by Gasteiger charge is 1.80. The minimum atomic E-state index is 1.33. The first-order valence-electron chi connectivity index (χ1n) is 6.64. The smallest absolute Gasteiger partial charge is 0.0398 e. The molecule has 0 aliphatic rings. The molecule has 0 bridgehead atoms. The molecule has 0 radical (unpaired) electrons. The minimum Gasteiger partial charge on any atom is -0.0683 e. The Bertz CT molecular complexity index is 321. The van der Waals surface area contributed by atoms with Gasteiger partial charge in [-0.2, -0.15) is 0 Å². The molecule has 0 aliphatic carbocycles. The molecule has 0 heteroatoms. The van der Waals surface area contributed by atoms with Crippen molar-refractivity contribution in [2.45, 2.75) is 41.5 Å². The van der Waals surface area contributed by atoms with Crippen molar-refractivity contribution in [2.24, 2.45) is 0 Å². The summed E-state index contributed by atoms with van der Waals surface area (Å²) in [5, 5.41) is 0. The standard InChI is InChI=1S/2C8H10.C2H6/c2*1-7-3-5-8(2)6-4-7;1-2/h2*3-6H,1-2H3;1-2H3. The first-order valence-corrected chi connectivity index (χ1v) is 6.64. The summed E-state index contributed by atoms with van der Waals surface area (Å²) in [6, 6.07) is 17.0. The lowest BCUT2D eigenvalue weighted by atomic mass is 10.2. The fourth-order valence-electron chi connectivity index (χ4n) is 1.27. The molecule has 0 atom stereocenters. The van der Waals surface area contributed by atoms with E-state index in [1.807, 2.05) is 13.8 Å². The normalized spacial score (nSPS) is 8.56. The Labute approximate surface area is 113 Å². The Hall–Kier alpha value is -1.56. The molecule has 0 nitrogen and oxygen atoms in total. The van der Waals surface area contributed by atoms with Gasteiger partial charge in [0.1, 0.15) is 0 Å². The summed E-state index contributed by atoms with van der Waals surface area (Å²) in [5.41, 5.74) is 5.32. The Morgan fingerprint density at radius 2 is 0.500 bits per heavy atom. The zero-order chi connectivity index (χ0) is 14.0. The zero-order valence-electron chi connectivity index (χ0n) is 12.6. The second kappa shape index (κ2) is 9.47. The van der Waals surface area contributed by atoms with Gasteiger partial charge in [0.05, 0.1) is 0 Å². The third-order valence-corrected chi connectivity index (χ3v) is 2.44. The van der Waals surface area contributed by atoms with Crippen LogP contribution in [0.3, 0.4) is 0 Å². The van der Waals surface area contributed by atoms with Crippen LogP contribution in [0.5, 0.6) is 0 Å². The van der Waals surface area contributed by atoms with Crippen LogP contribution in [0.15, 0.2) is 48.5 Å². The second-order valence-electron chi connectivity index (χ2n) is 4.31. The average Bonchev–Trinajstić information content (AvgIpc) is 2.40. The molecule has 0 unspecified atom stereocenters. The van der Waals surface area contributed by atoms with Crippen LogP contribution < -0.4 is 0 Å². The van der Waals surface area contributed by atoms with E-state index in [2.05, 4.69) is 76.2 Å². The largest absolute Gasteiger partial charge is 0.0683 e. The minimum absolute atomic E-state index is 1.33. The molecular weight excluding hydrogens is 216 g/mol. The fraction of sp³-hybridized carbons (Fsp3) is 0.333. The van der Waals surface area contributed by atoms with Crippen molar-refractivity contribution in [2.75, 3.05) is 0 Å². The number of rotatable bonds is 0. The molecule has 2 aromatic carbocycles. The third kappa shape index (κ3) is 7.67. The highest BCUT2D eigenvalue weighted by atomic mass is 13.9. The van der Waals surface area contributed by atoms with Crippen molar-refractivity contribution in [1.82, 2.24) is 0 Å². The Morgan fingerprint density at radius 1 is 0.389 bits per heavy atom. The van der Waals surface area contributed by atoms with Gasteiger partial charge in [0, 0.05) is 0 Å². The first-order chi connectivity index (χ1) is 8.58. The van der Waals surface area contributed by atoms with Crippen molar-refractivity contribution in [3.05, 3.63) is 70.8 Å². The van der Waals surface area contributed by atoms with E-state index in [0.29, 0.717) is 0 Å². The van der Waals surface area contributed by atoms with Crippen LogP contribution in [0.4, 0.5) is 0 Å². The summed E-state index contributed by atoms with van der Waals surface area (Å²) < 4.78 is 0. The van der Waals surface area contributed by atoms with Gasteiger partial charge < -0.3 is 0 Å². The maximum absolute atomic E-state index is 2.12.